The molecule has 0 aliphatic carbocycles. The average Bonchev–Trinajstić information content (AvgIpc) is 3.14. The standard InChI is InChI=1S/C18H18BrN3O4S2/c1-22-16(6-11-4-5-28(24,25)10-11)20-21-18(22)27-9-12-7-17(23)26-15-8-13(19)2-3-14(12)15/h2-3,7-8,11H,4-6,9-10H2,1H3. The van der Waals surface area contributed by atoms with Crippen LogP contribution in [0.5, 0.6) is 0 Å². The number of hydrogen-bond acceptors (Lipinski definition) is 7. The summed E-state index contributed by atoms with van der Waals surface area (Å²) in [6.07, 6.45) is 1.29. The summed E-state index contributed by atoms with van der Waals surface area (Å²) in [5.74, 6) is 1.92. The number of sulfone groups is 1. The molecule has 10 heteroatoms. The Morgan fingerprint density at radius 1 is 1.32 bits per heavy atom. The number of hydrogen-bond donors (Lipinski definition) is 0. The van der Waals surface area contributed by atoms with Crippen LogP contribution in [0.3, 0.4) is 0 Å². The van der Waals surface area contributed by atoms with E-state index in [0.717, 1.165) is 26.4 Å². The Bertz CT molecular complexity index is 1200. The van der Waals surface area contributed by atoms with Crippen molar-refractivity contribution in [1.82, 2.24) is 14.8 Å². The molecule has 1 aromatic carbocycles. The topological polar surface area (TPSA) is 95.1 Å². The normalized spacial score (nSPS) is 18.7. The first-order valence-corrected chi connectivity index (χ1v) is 12.3. The van der Waals surface area contributed by atoms with Crippen LogP contribution in [0.1, 0.15) is 17.8 Å². The summed E-state index contributed by atoms with van der Waals surface area (Å²) >= 11 is 4.87. The molecule has 1 aliphatic rings. The molecular formula is C18H18BrN3O4S2. The van der Waals surface area contributed by atoms with E-state index in [0.29, 0.717) is 24.2 Å². The van der Waals surface area contributed by atoms with Gasteiger partial charge in [0.1, 0.15) is 11.4 Å². The summed E-state index contributed by atoms with van der Waals surface area (Å²) < 4.78 is 31.3. The van der Waals surface area contributed by atoms with Crippen molar-refractivity contribution >= 4 is 48.5 Å². The molecule has 28 heavy (non-hydrogen) atoms. The Hall–Kier alpha value is -1.65. The van der Waals surface area contributed by atoms with Gasteiger partial charge in [-0.2, -0.15) is 0 Å². The molecule has 0 radical (unpaired) electrons. The lowest BCUT2D eigenvalue weighted by Gasteiger charge is -2.08. The van der Waals surface area contributed by atoms with Crippen molar-refractivity contribution < 1.29 is 12.8 Å². The molecule has 4 rings (SSSR count). The van der Waals surface area contributed by atoms with Crippen molar-refractivity contribution in [2.75, 3.05) is 11.5 Å². The van der Waals surface area contributed by atoms with Gasteiger partial charge in [-0.3, -0.25) is 0 Å². The summed E-state index contributed by atoms with van der Waals surface area (Å²) in [6.45, 7) is 0. The molecule has 1 atom stereocenters. The van der Waals surface area contributed by atoms with Gasteiger partial charge in [0.25, 0.3) is 0 Å². The first-order valence-electron chi connectivity index (χ1n) is 8.74. The molecule has 2 aromatic heterocycles. The van der Waals surface area contributed by atoms with Crippen LogP contribution in [0.2, 0.25) is 0 Å². The zero-order chi connectivity index (χ0) is 19.9. The van der Waals surface area contributed by atoms with Gasteiger partial charge in [-0.15, -0.1) is 10.2 Å². The van der Waals surface area contributed by atoms with Gasteiger partial charge in [0.15, 0.2) is 15.0 Å². The largest absolute Gasteiger partial charge is 0.423 e. The van der Waals surface area contributed by atoms with Gasteiger partial charge in [0, 0.05) is 35.1 Å². The van der Waals surface area contributed by atoms with Crippen LogP contribution >= 0.6 is 27.7 Å². The molecule has 148 valence electrons. The van der Waals surface area contributed by atoms with Crippen molar-refractivity contribution in [3.05, 3.63) is 50.5 Å². The fraction of sp³-hybridized carbons (Fsp3) is 0.389. The number of halogens is 1. The van der Waals surface area contributed by atoms with Crippen molar-refractivity contribution in [2.24, 2.45) is 13.0 Å². The molecule has 0 N–H and O–H groups in total. The van der Waals surface area contributed by atoms with E-state index >= 15 is 0 Å². The molecule has 1 aliphatic heterocycles. The Balaban J connectivity index is 1.51. The van der Waals surface area contributed by atoms with Crippen LogP contribution in [0.4, 0.5) is 0 Å². The lowest BCUT2D eigenvalue weighted by Crippen LogP contribution is -2.11. The maximum absolute atomic E-state index is 11.9. The van der Waals surface area contributed by atoms with Crippen LogP contribution in [0, 0.1) is 5.92 Å². The summed E-state index contributed by atoms with van der Waals surface area (Å²) in [5.41, 5.74) is 1.02. The maximum atomic E-state index is 11.9. The number of fused-ring (bicyclic) bond motifs is 1. The van der Waals surface area contributed by atoms with Crippen LogP contribution < -0.4 is 5.63 Å². The molecule has 3 heterocycles. The third-order valence-electron chi connectivity index (χ3n) is 4.87. The maximum Gasteiger partial charge on any atom is 0.336 e. The van der Waals surface area contributed by atoms with Crippen molar-refractivity contribution in [3.8, 4) is 0 Å². The average molecular weight is 484 g/mol. The molecule has 3 aromatic rings. The zero-order valence-electron chi connectivity index (χ0n) is 15.1. The van der Waals surface area contributed by atoms with E-state index in [1.54, 1.807) is 6.07 Å². The van der Waals surface area contributed by atoms with Gasteiger partial charge in [0.2, 0.25) is 0 Å². The van der Waals surface area contributed by atoms with E-state index in [9.17, 15) is 13.2 Å². The minimum atomic E-state index is -2.90. The van der Waals surface area contributed by atoms with E-state index in [4.69, 9.17) is 4.42 Å². The number of aromatic nitrogens is 3. The van der Waals surface area contributed by atoms with Crippen LogP contribution in [-0.4, -0.2) is 34.7 Å². The number of thioether (sulfide) groups is 1. The van der Waals surface area contributed by atoms with Gasteiger partial charge in [-0.25, -0.2) is 13.2 Å². The second-order valence-corrected chi connectivity index (χ2v) is 11.0. The fourth-order valence-corrected chi connectivity index (χ4v) is 6.53. The quantitative estimate of drug-likeness (QED) is 0.406. The number of rotatable bonds is 5. The molecule has 1 unspecified atom stereocenters. The third kappa shape index (κ3) is 4.18. The van der Waals surface area contributed by atoms with Crippen molar-refractivity contribution in [2.45, 2.75) is 23.8 Å². The van der Waals surface area contributed by atoms with Gasteiger partial charge in [0.05, 0.1) is 11.5 Å². The van der Waals surface area contributed by atoms with Gasteiger partial charge in [-0.05, 0) is 36.1 Å². The Morgan fingerprint density at radius 3 is 2.89 bits per heavy atom. The molecule has 0 bridgehead atoms. The van der Waals surface area contributed by atoms with Crippen LogP contribution in [0.25, 0.3) is 11.0 Å². The summed E-state index contributed by atoms with van der Waals surface area (Å²) in [5, 5.41) is 10.1. The fourth-order valence-electron chi connectivity index (χ4n) is 3.41. The van der Waals surface area contributed by atoms with Gasteiger partial charge < -0.3 is 8.98 Å². The van der Waals surface area contributed by atoms with Crippen LogP contribution in [-0.2, 0) is 29.1 Å². The predicted octanol–water partition coefficient (Wildman–Crippen LogP) is 2.95. The Labute approximate surface area is 174 Å². The monoisotopic (exact) mass is 483 g/mol. The molecule has 0 saturated carbocycles. The Kier molecular flexibility index (Phi) is 5.36. The summed E-state index contributed by atoms with van der Waals surface area (Å²) in [7, 11) is -1.02. The van der Waals surface area contributed by atoms with E-state index < -0.39 is 9.84 Å². The lowest BCUT2D eigenvalue weighted by molar-refractivity contribution is 0.552. The minimum absolute atomic E-state index is 0.104. The molecular weight excluding hydrogens is 466 g/mol. The molecule has 0 spiro atoms. The highest BCUT2D eigenvalue weighted by Crippen LogP contribution is 2.28. The molecule has 1 saturated heterocycles. The van der Waals surface area contributed by atoms with Gasteiger partial charge in [-0.1, -0.05) is 27.7 Å². The SMILES string of the molecule is Cn1c(CC2CCS(=O)(=O)C2)nnc1SCc1cc(=O)oc2cc(Br)ccc12. The molecule has 0 amide bonds. The Morgan fingerprint density at radius 2 is 2.14 bits per heavy atom. The predicted molar refractivity (Wildman–Crippen MR) is 111 cm³/mol. The highest BCUT2D eigenvalue weighted by atomic mass is 79.9. The van der Waals surface area contributed by atoms with E-state index in [2.05, 4.69) is 26.1 Å². The third-order valence-corrected chi connectivity index (χ3v) is 8.27. The van der Waals surface area contributed by atoms with E-state index in [1.807, 2.05) is 23.7 Å². The first kappa shape index (κ1) is 19.7. The van der Waals surface area contributed by atoms with E-state index in [-0.39, 0.29) is 23.0 Å². The van der Waals surface area contributed by atoms with E-state index in [1.165, 1.54) is 17.8 Å². The highest BCUT2D eigenvalue weighted by Gasteiger charge is 2.29. The zero-order valence-corrected chi connectivity index (χ0v) is 18.3. The second-order valence-electron chi connectivity index (χ2n) is 6.95. The second kappa shape index (κ2) is 7.64. The lowest BCUT2D eigenvalue weighted by atomic mass is 10.1. The number of benzene rings is 1. The van der Waals surface area contributed by atoms with Crippen LogP contribution in [0.15, 0.2) is 43.1 Å². The minimum Gasteiger partial charge on any atom is -0.423 e. The number of nitrogens with zero attached hydrogens (tertiary/aromatic N) is 3. The van der Waals surface area contributed by atoms with Gasteiger partial charge >= 0.3 is 5.63 Å². The molecule has 1 fully saturated rings. The smallest absolute Gasteiger partial charge is 0.336 e. The summed E-state index contributed by atoms with van der Waals surface area (Å²) in [4.78, 5) is 11.9. The summed E-state index contributed by atoms with van der Waals surface area (Å²) in [6, 6.07) is 7.11. The molecule has 7 nitrogen and oxygen atoms in total. The highest BCUT2D eigenvalue weighted by molar-refractivity contribution is 9.10. The van der Waals surface area contributed by atoms with Crippen molar-refractivity contribution in [3.63, 3.8) is 0 Å². The first-order chi connectivity index (χ1) is 13.3. The van der Waals surface area contributed by atoms with Crippen molar-refractivity contribution in [1.29, 1.82) is 0 Å².